The van der Waals surface area contributed by atoms with Gasteiger partial charge < -0.3 is 5.32 Å². The number of hydrogen-bond acceptors (Lipinski definition) is 4. The molecule has 1 N–H and O–H groups in total. The Bertz CT molecular complexity index is 904. The Morgan fingerprint density at radius 3 is 2.68 bits per heavy atom. The molecule has 0 bridgehead atoms. The molecule has 0 aliphatic carbocycles. The molecule has 2 aromatic heterocycles. The van der Waals surface area contributed by atoms with Gasteiger partial charge in [0.2, 0.25) is 5.91 Å². The fourth-order valence-corrected chi connectivity index (χ4v) is 2.40. The van der Waals surface area contributed by atoms with Gasteiger partial charge in [-0.3, -0.25) is 9.59 Å². The van der Waals surface area contributed by atoms with Crippen molar-refractivity contribution in [3.8, 4) is 5.82 Å². The van der Waals surface area contributed by atoms with Gasteiger partial charge in [0, 0.05) is 30.0 Å². The van der Waals surface area contributed by atoms with Crippen molar-refractivity contribution in [2.24, 2.45) is 0 Å². The first-order valence-corrected chi connectivity index (χ1v) is 8.09. The summed E-state index contributed by atoms with van der Waals surface area (Å²) in [4.78, 5) is 23.8. The second-order valence-electron chi connectivity index (χ2n) is 5.36. The van der Waals surface area contributed by atoms with Gasteiger partial charge in [0.05, 0.1) is 13.0 Å². The zero-order valence-electron chi connectivity index (χ0n) is 13.3. The third-order valence-corrected chi connectivity index (χ3v) is 3.77. The molecule has 7 nitrogen and oxygen atoms in total. The van der Waals surface area contributed by atoms with Crippen molar-refractivity contribution in [3.63, 3.8) is 0 Å². The molecule has 1 aromatic carbocycles. The van der Waals surface area contributed by atoms with Crippen LogP contribution in [0.3, 0.4) is 0 Å². The van der Waals surface area contributed by atoms with E-state index in [-0.39, 0.29) is 24.4 Å². The van der Waals surface area contributed by atoms with E-state index >= 15 is 0 Å². The van der Waals surface area contributed by atoms with E-state index in [1.165, 1.54) is 10.7 Å². The summed E-state index contributed by atoms with van der Waals surface area (Å²) in [7, 11) is 0. The van der Waals surface area contributed by atoms with Gasteiger partial charge in [0.25, 0.3) is 5.56 Å². The van der Waals surface area contributed by atoms with Crippen LogP contribution in [0, 0.1) is 0 Å². The first-order chi connectivity index (χ1) is 12.1. The molecule has 0 aliphatic heterocycles. The number of amides is 1. The summed E-state index contributed by atoms with van der Waals surface area (Å²) < 4.78 is 2.87. The third-order valence-electron chi connectivity index (χ3n) is 3.52. The zero-order valence-corrected chi connectivity index (χ0v) is 14.1. The number of halogens is 1. The standard InChI is InChI=1S/C17H16ClN5O2/c18-14-4-2-13(3-5-14)12-16(24)19-9-11-23-17(25)7-6-15(21-23)22-10-1-8-20-22/h1-8,10H,9,11-12H2,(H,19,24). The first kappa shape index (κ1) is 16.9. The maximum Gasteiger partial charge on any atom is 0.266 e. The van der Waals surface area contributed by atoms with Crippen LogP contribution in [0.2, 0.25) is 5.02 Å². The number of benzene rings is 1. The molecule has 0 atom stereocenters. The van der Waals surface area contributed by atoms with Crippen molar-refractivity contribution in [2.75, 3.05) is 6.54 Å². The summed E-state index contributed by atoms with van der Waals surface area (Å²) in [6.45, 7) is 0.586. The summed E-state index contributed by atoms with van der Waals surface area (Å²) in [5.41, 5.74) is 0.640. The number of carbonyl (C=O) groups is 1. The lowest BCUT2D eigenvalue weighted by Gasteiger charge is -2.08. The van der Waals surface area contributed by atoms with Crippen molar-refractivity contribution >= 4 is 17.5 Å². The lowest BCUT2D eigenvalue weighted by Crippen LogP contribution is -2.33. The normalized spacial score (nSPS) is 10.6. The fraction of sp³-hybridized carbons (Fsp3) is 0.176. The van der Waals surface area contributed by atoms with Crippen molar-refractivity contribution in [2.45, 2.75) is 13.0 Å². The average molecular weight is 358 g/mol. The van der Waals surface area contributed by atoms with E-state index in [2.05, 4.69) is 15.5 Å². The Balaban J connectivity index is 1.56. The maximum absolute atomic E-state index is 12.0. The number of aromatic nitrogens is 4. The topological polar surface area (TPSA) is 81.8 Å². The number of nitrogens with zero attached hydrogens (tertiary/aromatic N) is 4. The van der Waals surface area contributed by atoms with E-state index < -0.39 is 0 Å². The minimum atomic E-state index is -0.233. The molecule has 8 heteroatoms. The van der Waals surface area contributed by atoms with E-state index in [0.29, 0.717) is 17.4 Å². The van der Waals surface area contributed by atoms with Crippen molar-refractivity contribution < 1.29 is 4.79 Å². The van der Waals surface area contributed by atoms with Crippen molar-refractivity contribution in [1.29, 1.82) is 0 Å². The van der Waals surface area contributed by atoms with Gasteiger partial charge in [-0.1, -0.05) is 23.7 Å². The smallest absolute Gasteiger partial charge is 0.266 e. The summed E-state index contributed by atoms with van der Waals surface area (Å²) >= 11 is 5.82. The Hall–Kier alpha value is -2.93. The van der Waals surface area contributed by atoms with Gasteiger partial charge in [-0.15, -0.1) is 5.10 Å². The molecular weight excluding hydrogens is 342 g/mol. The van der Waals surface area contributed by atoms with Crippen LogP contribution in [0.5, 0.6) is 0 Å². The van der Waals surface area contributed by atoms with Crippen LogP contribution >= 0.6 is 11.6 Å². The van der Waals surface area contributed by atoms with Gasteiger partial charge in [0.15, 0.2) is 5.82 Å². The molecule has 0 spiro atoms. The van der Waals surface area contributed by atoms with Gasteiger partial charge >= 0.3 is 0 Å². The van der Waals surface area contributed by atoms with Crippen molar-refractivity contribution in [1.82, 2.24) is 24.9 Å². The van der Waals surface area contributed by atoms with Gasteiger partial charge in [-0.2, -0.15) is 5.10 Å². The van der Waals surface area contributed by atoms with Crippen LogP contribution < -0.4 is 10.9 Å². The molecular formula is C17H16ClN5O2. The molecule has 0 saturated carbocycles. The van der Waals surface area contributed by atoms with Crippen LogP contribution in [0.25, 0.3) is 5.82 Å². The van der Waals surface area contributed by atoms with Crippen LogP contribution in [0.1, 0.15) is 5.56 Å². The Morgan fingerprint density at radius 2 is 1.96 bits per heavy atom. The van der Waals surface area contributed by atoms with Crippen LogP contribution in [-0.4, -0.2) is 32.0 Å². The van der Waals surface area contributed by atoms with E-state index in [1.54, 1.807) is 41.3 Å². The van der Waals surface area contributed by atoms with Gasteiger partial charge in [0.1, 0.15) is 0 Å². The number of nitrogens with one attached hydrogen (secondary N) is 1. The molecule has 2 heterocycles. The number of carbonyl (C=O) groups excluding carboxylic acids is 1. The Kier molecular flexibility index (Phi) is 5.25. The summed E-state index contributed by atoms with van der Waals surface area (Å²) in [6.07, 6.45) is 3.63. The molecule has 0 saturated heterocycles. The minimum Gasteiger partial charge on any atom is -0.354 e. The molecule has 3 aromatic rings. The monoisotopic (exact) mass is 357 g/mol. The third kappa shape index (κ3) is 4.54. The van der Waals surface area contributed by atoms with Gasteiger partial charge in [-0.25, -0.2) is 9.36 Å². The predicted molar refractivity (Wildman–Crippen MR) is 93.8 cm³/mol. The summed E-state index contributed by atoms with van der Waals surface area (Å²) in [5.74, 6) is 0.413. The summed E-state index contributed by atoms with van der Waals surface area (Å²) in [6, 6.07) is 11.9. The highest BCUT2D eigenvalue weighted by Gasteiger charge is 2.05. The highest BCUT2D eigenvalue weighted by Crippen LogP contribution is 2.09. The molecule has 0 aliphatic rings. The molecule has 3 rings (SSSR count). The van der Waals surface area contributed by atoms with Crippen LogP contribution in [-0.2, 0) is 17.8 Å². The predicted octanol–water partition coefficient (Wildman–Crippen LogP) is 1.44. The fourth-order valence-electron chi connectivity index (χ4n) is 2.28. The first-order valence-electron chi connectivity index (χ1n) is 7.71. The highest BCUT2D eigenvalue weighted by atomic mass is 35.5. The Morgan fingerprint density at radius 1 is 1.16 bits per heavy atom. The molecule has 1 amide bonds. The van der Waals surface area contributed by atoms with E-state index in [4.69, 9.17) is 11.6 Å². The number of rotatable bonds is 6. The van der Waals surface area contributed by atoms with Gasteiger partial charge in [-0.05, 0) is 29.8 Å². The van der Waals surface area contributed by atoms with E-state index in [1.807, 2.05) is 12.1 Å². The van der Waals surface area contributed by atoms with Crippen LogP contribution in [0.4, 0.5) is 0 Å². The maximum atomic E-state index is 12.0. The van der Waals surface area contributed by atoms with E-state index in [0.717, 1.165) is 5.56 Å². The van der Waals surface area contributed by atoms with E-state index in [9.17, 15) is 9.59 Å². The quantitative estimate of drug-likeness (QED) is 0.723. The SMILES string of the molecule is O=C(Cc1ccc(Cl)cc1)NCCn1nc(-n2cccn2)ccc1=O. The Labute approximate surface area is 148 Å². The number of hydrogen-bond donors (Lipinski definition) is 1. The van der Waals surface area contributed by atoms with Crippen molar-refractivity contribution in [3.05, 3.63) is 75.8 Å². The lowest BCUT2D eigenvalue weighted by atomic mass is 10.1. The molecule has 0 unspecified atom stereocenters. The molecule has 0 radical (unpaired) electrons. The molecule has 0 fully saturated rings. The highest BCUT2D eigenvalue weighted by molar-refractivity contribution is 6.30. The lowest BCUT2D eigenvalue weighted by molar-refractivity contribution is -0.120. The average Bonchev–Trinajstić information content (AvgIpc) is 3.13. The minimum absolute atomic E-state index is 0.126. The second-order valence-corrected chi connectivity index (χ2v) is 5.79. The summed E-state index contributed by atoms with van der Waals surface area (Å²) in [5, 5.41) is 11.7. The van der Waals surface area contributed by atoms with Crippen LogP contribution in [0.15, 0.2) is 59.7 Å². The second kappa shape index (κ2) is 7.76. The molecule has 25 heavy (non-hydrogen) atoms. The zero-order chi connectivity index (χ0) is 17.6. The molecule has 128 valence electrons. The largest absolute Gasteiger partial charge is 0.354 e.